The summed E-state index contributed by atoms with van der Waals surface area (Å²) in [4.78, 5) is 16.7. The van der Waals surface area contributed by atoms with Crippen molar-refractivity contribution in [3.8, 4) is 11.4 Å². The minimum atomic E-state index is -0.0588. The molecule has 134 valence electrons. The van der Waals surface area contributed by atoms with E-state index in [0.717, 1.165) is 27.8 Å². The molecule has 3 aromatic rings. The second-order valence-electron chi connectivity index (χ2n) is 5.91. The van der Waals surface area contributed by atoms with Crippen LogP contribution in [0.2, 0.25) is 0 Å². The van der Waals surface area contributed by atoms with Gasteiger partial charge in [-0.2, -0.15) is 0 Å². The number of nitrogens with zero attached hydrogens (tertiary/aromatic N) is 2. The van der Waals surface area contributed by atoms with Crippen molar-refractivity contribution in [2.75, 3.05) is 18.2 Å². The smallest absolute Gasteiger partial charge is 0.234 e. The van der Waals surface area contributed by atoms with Gasteiger partial charge in [-0.25, -0.2) is 4.98 Å². The van der Waals surface area contributed by atoms with Gasteiger partial charge in [0.1, 0.15) is 5.75 Å². The third-order valence-corrected chi connectivity index (χ3v) is 4.91. The van der Waals surface area contributed by atoms with Gasteiger partial charge in [0.15, 0.2) is 5.16 Å². The molecule has 0 saturated heterocycles. The zero-order valence-corrected chi connectivity index (χ0v) is 15.8. The molecule has 1 heterocycles. The van der Waals surface area contributed by atoms with Gasteiger partial charge < -0.3 is 10.1 Å². The average Bonchev–Trinajstić information content (AvgIpc) is 3.10. The zero-order chi connectivity index (χ0) is 18.5. The fourth-order valence-corrected chi connectivity index (χ4v) is 3.44. The summed E-state index contributed by atoms with van der Waals surface area (Å²) in [6, 6.07) is 13.7. The Bertz CT molecular complexity index is 921. The van der Waals surface area contributed by atoms with Crippen molar-refractivity contribution < 1.29 is 9.53 Å². The Kier molecular flexibility index (Phi) is 5.63. The van der Waals surface area contributed by atoms with Crippen LogP contribution in [0.1, 0.15) is 11.1 Å². The van der Waals surface area contributed by atoms with Crippen molar-refractivity contribution in [2.24, 2.45) is 0 Å². The number of methoxy groups -OCH3 is 1. The number of thioether (sulfide) groups is 1. The molecular formula is C20H21N3O2S. The molecular weight excluding hydrogens is 346 g/mol. The van der Waals surface area contributed by atoms with Gasteiger partial charge in [-0.05, 0) is 37.6 Å². The normalized spacial score (nSPS) is 10.6. The van der Waals surface area contributed by atoms with E-state index in [9.17, 15) is 4.79 Å². The average molecular weight is 367 g/mol. The maximum Gasteiger partial charge on any atom is 0.234 e. The Morgan fingerprint density at radius 1 is 1.23 bits per heavy atom. The van der Waals surface area contributed by atoms with E-state index in [-0.39, 0.29) is 11.7 Å². The highest BCUT2D eigenvalue weighted by Crippen LogP contribution is 2.27. The highest BCUT2D eigenvalue weighted by Gasteiger charge is 2.12. The maximum atomic E-state index is 12.3. The van der Waals surface area contributed by atoms with E-state index in [2.05, 4.69) is 16.4 Å². The topological polar surface area (TPSA) is 56.2 Å². The highest BCUT2D eigenvalue weighted by molar-refractivity contribution is 7.99. The molecule has 0 aliphatic carbocycles. The number of benzene rings is 2. The molecule has 26 heavy (non-hydrogen) atoms. The number of rotatable bonds is 6. The Labute approximate surface area is 157 Å². The lowest BCUT2D eigenvalue weighted by atomic mass is 10.1. The van der Waals surface area contributed by atoms with Crippen LogP contribution in [0.4, 0.5) is 5.69 Å². The van der Waals surface area contributed by atoms with Crippen molar-refractivity contribution in [1.29, 1.82) is 0 Å². The van der Waals surface area contributed by atoms with Gasteiger partial charge in [-0.3, -0.25) is 9.36 Å². The summed E-state index contributed by atoms with van der Waals surface area (Å²) in [5.41, 5.74) is 3.96. The van der Waals surface area contributed by atoms with E-state index >= 15 is 0 Å². The third-order valence-electron chi connectivity index (χ3n) is 3.94. The quantitative estimate of drug-likeness (QED) is 0.663. The van der Waals surface area contributed by atoms with Crippen LogP contribution in [0.15, 0.2) is 60.0 Å². The molecule has 0 radical (unpaired) electrons. The van der Waals surface area contributed by atoms with Crippen molar-refractivity contribution in [3.05, 3.63) is 66.0 Å². The second kappa shape index (κ2) is 8.10. The van der Waals surface area contributed by atoms with Crippen LogP contribution in [0.3, 0.4) is 0 Å². The van der Waals surface area contributed by atoms with Crippen LogP contribution in [0.5, 0.6) is 5.75 Å². The predicted molar refractivity (Wildman–Crippen MR) is 105 cm³/mol. The summed E-state index contributed by atoms with van der Waals surface area (Å²) in [6.45, 7) is 4.02. The number of amides is 1. The van der Waals surface area contributed by atoms with Gasteiger partial charge in [0, 0.05) is 18.1 Å². The molecule has 5 nitrogen and oxygen atoms in total. The van der Waals surface area contributed by atoms with Crippen LogP contribution >= 0.6 is 11.8 Å². The van der Waals surface area contributed by atoms with Crippen LogP contribution in [-0.2, 0) is 4.79 Å². The lowest BCUT2D eigenvalue weighted by Gasteiger charge is -2.12. The summed E-state index contributed by atoms with van der Waals surface area (Å²) in [5.74, 6) is 0.975. The molecule has 1 amide bonds. The van der Waals surface area contributed by atoms with Crippen LogP contribution < -0.4 is 10.1 Å². The minimum Gasteiger partial charge on any atom is -0.495 e. The molecule has 0 atom stereocenters. The molecule has 0 bridgehead atoms. The summed E-state index contributed by atoms with van der Waals surface area (Å²) >= 11 is 1.39. The van der Waals surface area contributed by atoms with Gasteiger partial charge in [0.2, 0.25) is 5.91 Å². The number of para-hydroxylation sites is 2. The van der Waals surface area contributed by atoms with E-state index in [4.69, 9.17) is 4.74 Å². The SMILES string of the molecule is COc1ccccc1-n1ccnc1SCC(=O)Nc1ccc(C)cc1C. The standard InChI is InChI=1S/C20H21N3O2S/c1-14-8-9-16(15(2)12-14)22-19(24)13-26-20-21-10-11-23(20)17-6-4-5-7-18(17)25-3/h4-12H,13H2,1-3H3,(H,22,24). The van der Waals surface area contributed by atoms with E-state index in [1.807, 2.05) is 61.0 Å². The summed E-state index contributed by atoms with van der Waals surface area (Å²) in [6.07, 6.45) is 3.58. The number of hydrogen-bond donors (Lipinski definition) is 1. The van der Waals surface area contributed by atoms with Crippen LogP contribution in [-0.4, -0.2) is 28.3 Å². The number of aryl methyl sites for hydroxylation is 2. The van der Waals surface area contributed by atoms with Gasteiger partial charge in [-0.1, -0.05) is 41.6 Å². The number of ether oxygens (including phenoxy) is 1. The first kappa shape index (κ1) is 18.1. The summed E-state index contributed by atoms with van der Waals surface area (Å²) in [5, 5.41) is 3.70. The molecule has 0 spiro atoms. The first-order valence-electron chi connectivity index (χ1n) is 8.25. The number of carbonyl (C=O) groups excluding carboxylic acids is 1. The van der Waals surface area contributed by atoms with Crippen LogP contribution in [0, 0.1) is 13.8 Å². The van der Waals surface area contributed by atoms with Gasteiger partial charge >= 0.3 is 0 Å². The third kappa shape index (κ3) is 4.08. The molecule has 3 rings (SSSR count). The fraction of sp³-hybridized carbons (Fsp3) is 0.200. The van der Waals surface area contributed by atoms with Gasteiger partial charge in [0.05, 0.1) is 18.6 Å². The Morgan fingerprint density at radius 2 is 2.04 bits per heavy atom. The number of carbonyl (C=O) groups is 1. The lowest BCUT2D eigenvalue weighted by Crippen LogP contribution is -2.15. The number of imidazole rings is 1. The second-order valence-corrected chi connectivity index (χ2v) is 6.85. The molecule has 0 unspecified atom stereocenters. The molecule has 1 aromatic heterocycles. The van der Waals surface area contributed by atoms with E-state index < -0.39 is 0 Å². The van der Waals surface area contributed by atoms with Gasteiger partial charge in [-0.15, -0.1) is 0 Å². The molecule has 0 fully saturated rings. The molecule has 0 aliphatic heterocycles. The Hall–Kier alpha value is -2.73. The predicted octanol–water partition coefficient (Wildman–Crippen LogP) is 4.23. The fourth-order valence-electron chi connectivity index (χ4n) is 2.68. The van der Waals surface area contributed by atoms with Gasteiger partial charge in [0.25, 0.3) is 0 Å². The Balaban J connectivity index is 1.69. The summed E-state index contributed by atoms with van der Waals surface area (Å²) < 4.78 is 7.34. The van der Waals surface area contributed by atoms with E-state index in [1.54, 1.807) is 13.3 Å². The maximum absolute atomic E-state index is 12.3. The number of anilines is 1. The van der Waals surface area contributed by atoms with E-state index in [1.165, 1.54) is 17.3 Å². The zero-order valence-electron chi connectivity index (χ0n) is 15.0. The molecule has 0 saturated carbocycles. The molecule has 6 heteroatoms. The summed E-state index contributed by atoms with van der Waals surface area (Å²) in [7, 11) is 1.64. The highest BCUT2D eigenvalue weighted by atomic mass is 32.2. The first-order chi connectivity index (χ1) is 12.6. The number of aromatic nitrogens is 2. The molecule has 2 aromatic carbocycles. The van der Waals surface area contributed by atoms with Crippen LogP contribution in [0.25, 0.3) is 5.69 Å². The minimum absolute atomic E-state index is 0.0588. The number of nitrogens with one attached hydrogen (secondary N) is 1. The van der Waals surface area contributed by atoms with Crippen molar-refractivity contribution >= 4 is 23.4 Å². The van der Waals surface area contributed by atoms with E-state index in [0.29, 0.717) is 0 Å². The van der Waals surface area contributed by atoms with Crippen molar-refractivity contribution in [2.45, 2.75) is 19.0 Å². The molecule has 1 N–H and O–H groups in total. The monoisotopic (exact) mass is 367 g/mol. The van der Waals surface area contributed by atoms with Crippen molar-refractivity contribution in [1.82, 2.24) is 9.55 Å². The first-order valence-corrected chi connectivity index (χ1v) is 9.23. The van der Waals surface area contributed by atoms with Crippen molar-refractivity contribution in [3.63, 3.8) is 0 Å². The number of hydrogen-bond acceptors (Lipinski definition) is 4. The largest absolute Gasteiger partial charge is 0.495 e. The molecule has 0 aliphatic rings. The Morgan fingerprint density at radius 3 is 2.81 bits per heavy atom. The lowest BCUT2D eigenvalue weighted by molar-refractivity contribution is -0.113.